The summed E-state index contributed by atoms with van der Waals surface area (Å²) in [5.41, 5.74) is 7.13. The highest BCUT2D eigenvalue weighted by Crippen LogP contribution is 2.24. The van der Waals surface area contributed by atoms with Crippen molar-refractivity contribution in [1.82, 2.24) is 9.88 Å². The maximum Gasteiger partial charge on any atom is 0.0543 e. The SMILES string of the molecule is CCN(Cc1ccccn1)CC1CCC(N)CC1. The van der Waals surface area contributed by atoms with Crippen LogP contribution in [0.3, 0.4) is 0 Å². The Morgan fingerprint density at radius 2 is 2.06 bits per heavy atom. The fraction of sp³-hybridized carbons (Fsp3) is 0.667. The van der Waals surface area contributed by atoms with Crippen LogP contribution in [0.15, 0.2) is 24.4 Å². The molecule has 100 valence electrons. The zero-order valence-electron chi connectivity index (χ0n) is 11.4. The molecule has 2 rings (SSSR count). The van der Waals surface area contributed by atoms with E-state index in [1.165, 1.54) is 37.9 Å². The van der Waals surface area contributed by atoms with Gasteiger partial charge in [0.2, 0.25) is 0 Å². The molecule has 3 heteroatoms. The summed E-state index contributed by atoms with van der Waals surface area (Å²) in [7, 11) is 0. The summed E-state index contributed by atoms with van der Waals surface area (Å²) in [6, 6.07) is 6.60. The second-order valence-electron chi connectivity index (χ2n) is 5.43. The Hall–Kier alpha value is -0.930. The van der Waals surface area contributed by atoms with Crippen molar-refractivity contribution in [3.05, 3.63) is 30.1 Å². The second-order valence-corrected chi connectivity index (χ2v) is 5.43. The van der Waals surface area contributed by atoms with Crippen LogP contribution in [0.25, 0.3) is 0 Å². The zero-order valence-corrected chi connectivity index (χ0v) is 11.4. The van der Waals surface area contributed by atoms with Gasteiger partial charge in [0.25, 0.3) is 0 Å². The van der Waals surface area contributed by atoms with Crippen molar-refractivity contribution in [3.63, 3.8) is 0 Å². The van der Waals surface area contributed by atoms with Crippen LogP contribution in [-0.2, 0) is 6.54 Å². The van der Waals surface area contributed by atoms with Gasteiger partial charge in [-0.3, -0.25) is 9.88 Å². The molecular weight excluding hydrogens is 222 g/mol. The first-order valence-electron chi connectivity index (χ1n) is 7.15. The molecule has 0 radical (unpaired) electrons. The topological polar surface area (TPSA) is 42.2 Å². The first kappa shape index (κ1) is 13.5. The van der Waals surface area contributed by atoms with E-state index < -0.39 is 0 Å². The molecule has 0 aliphatic heterocycles. The third-order valence-electron chi connectivity index (χ3n) is 3.97. The largest absolute Gasteiger partial charge is 0.328 e. The van der Waals surface area contributed by atoms with Crippen molar-refractivity contribution in [1.29, 1.82) is 0 Å². The van der Waals surface area contributed by atoms with Crippen LogP contribution >= 0.6 is 0 Å². The summed E-state index contributed by atoms with van der Waals surface area (Å²) in [6.45, 7) is 5.50. The van der Waals surface area contributed by atoms with Gasteiger partial charge in [0.15, 0.2) is 0 Å². The molecule has 1 aliphatic rings. The molecule has 1 aliphatic carbocycles. The van der Waals surface area contributed by atoms with Crippen molar-refractivity contribution in [2.45, 2.75) is 45.2 Å². The molecule has 3 nitrogen and oxygen atoms in total. The molecule has 0 aromatic carbocycles. The number of hydrogen-bond donors (Lipinski definition) is 1. The van der Waals surface area contributed by atoms with Crippen LogP contribution in [0.1, 0.15) is 38.3 Å². The number of nitrogens with zero attached hydrogens (tertiary/aromatic N) is 2. The molecule has 1 heterocycles. The molecule has 1 aromatic rings. The molecule has 2 N–H and O–H groups in total. The summed E-state index contributed by atoms with van der Waals surface area (Å²) in [6.07, 6.45) is 6.86. The summed E-state index contributed by atoms with van der Waals surface area (Å²) in [5.74, 6) is 0.827. The summed E-state index contributed by atoms with van der Waals surface area (Å²) >= 11 is 0. The van der Waals surface area contributed by atoms with Crippen molar-refractivity contribution in [3.8, 4) is 0 Å². The number of nitrogens with two attached hydrogens (primary N) is 1. The standard InChI is InChI=1S/C15H25N3/c1-2-18(12-15-5-3-4-10-17-15)11-13-6-8-14(16)9-7-13/h3-5,10,13-14H,2,6-9,11-12,16H2,1H3. The Labute approximate surface area is 110 Å². The van der Waals surface area contributed by atoms with E-state index in [1.54, 1.807) is 0 Å². The van der Waals surface area contributed by atoms with Crippen LogP contribution in [0.5, 0.6) is 0 Å². The summed E-state index contributed by atoms with van der Waals surface area (Å²) in [5, 5.41) is 0. The van der Waals surface area contributed by atoms with Crippen LogP contribution in [0.4, 0.5) is 0 Å². The Morgan fingerprint density at radius 3 is 2.67 bits per heavy atom. The average molecular weight is 247 g/mol. The summed E-state index contributed by atoms with van der Waals surface area (Å²) < 4.78 is 0. The third-order valence-corrected chi connectivity index (χ3v) is 3.97. The van der Waals surface area contributed by atoms with Crippen LogP contribution in [0, 0.1) is 5.92 Å². The van der Waals surface area contributed by atoms with Gasteiger partial charge in [0.05, 0.1) is 5.69 Å². The molecule has 0 atom stereocenters. The third kappa shape index (κ3) is 4.07. The summed E-state index contributed by atoms with van der Waals surface area (Å²) in [4.78, 5) is 6.91. The van der Waals surface area contributed by atoms with E-state index in [9.17, 15) is 0 Å². The van der Waals surface area contributed by atoms with E-state index in [4.69, 9.17) is 5.73 Å². The van der Waals surface area contributed by atoms with E-state index in [2.05, 4.69) is 28.9 Å². The molecule has 1 saturated carbocycles. The van der Waals surface area contributed by atoms with Gasteiger partial charge in [-0.05, 0) is 50.3 Å². The fourth-order valence-electron chi connectivity index (χ4n) is 2.76. The molecule has 1 aromatic heterocycles. The molecule has 0 spiro atoms. The Balaban J connectivity index is 1.82. The molecule has 0 unspecified atom stereocenters. The second kappa shape index (κ2) is 6.86. The molecule has 0 saturated heterocycles. The van der Waals surface area contributed by atoms with Crippen molar-refractivity contribution in [2.24, 2.45) is 11.7 Å². The van der Waals surface area contributed by atoms with Gasteiger partial charge in [0.1, 0.15) is 0 Å². The zero-order chi connectivity index (χ0) is 12.8. The van der Waals surface area contributed by atoms with Gasteiger partial charge in [-0.15, -0.1) is 0 Å². The maximum absolute atomic E-state index is 5.96. The minimum Gasteiger partial charge on any atom is -0.328 e. The maximum atomic E-state index is 5.96. The number of hydrogen-bond acceptors (Lipinski definition) is 3. The van der Waals surface area contributed by atoms with Crippen LogP contribution in [0.2, 0.25) is 0 Å². The van der Waals surface area contributed by atoms with E-state index in [1.807, 2.05) is 12.3 Å². The van der Waals surface area contributed by atoms with Gasteiger partial charge < -0.3 is 5.73 Å². The Morgan fingerprint density at radius 1 is 1.28 bits per heavy atom. The fourth-order valence-corrected chi connectivity index (χ4v) is 2.76. The highest BCUT2D eigenvalue weighted by Gasteiger charge is 2.20. The lowest BCUT2D eigenvalue weighted by Gasteiger charge is -2.30. The first-order valence-corrected chi connectivity index (χ1v) is 7.15. The van der Waals surface area contributed by atoms with Gasteiger partial charge in [0, 0.05) is 25.3 Å². The minimum atomic E-state index is 0.451. The van der Waals surface area contributed by atoms with Crippen LogP contribution in [-0.4, -0.2) is 29.0 Å². The number of aromatic nitrogens is 1. The minimum absolute atomic E-state index is 0.451. The van der Waals surface area contributed by atoms with Gasteiger partial charge in [-0.1, -0.05) is 13.0 Å². The first-order chi connectivity index (χ1) is 8.78. The van der Waals surface area contributed by atoms with Crippen molar-refractivity contribution < 1.29 is 0 Å². The lowest BCUT2D eigenvalue weighted by molar-refractivity contribution is 0.193. The van der Waals surface area contributed by atoms with E-state index in [0.29, 0.717) is 6.04 Å². The van der Waals surface area contributed by atoms with E-state index in [-0.39, 0.29) is 0 Å². The van der Waals surface area contributed by atoms with E-state index >= 15 is 0 Å². The van der Waals surface area contributed by atoms with Gasteiger partial charge in [-0.2, -0.15) is 0 Å². The molecular formula is C15H25N3. The monoisotopic (exact) mass is 247 g/mol. The predicted molar refractivity (Wildman–Crippen MR) is 75.1 cm³/mol. The normalized spacial score (nSPS) is 24.4. The quantitative estimate of drug-likeness (QED) is 0.869. The Kier molecular flexibility index (Phi) is 5.14. The average Bonchev–Trinajstić information content (AvgIpc) is 2.41. The van der Waals surface area contributed by atoms with Crippen LogP contribution < -0.4 is 5.73 Å². The van der Waals surface area contributed by atoms with Gasteiger partial charge in [-0.25, -0.2) is 0 Å². The lowest BCUT2D eigenvalue weighted by Crippen LogP contribution is -2.34. The van der Waals surface area contributed by atoms with E-state index in [0.717, 1.165) is 19.0 Å². The molecule has 0 bridgehead atoms. The molecule has 0 amide bonds. The number of pyridine rings is 1. The smallest absolute Gasteiger partial charge is 0.0543 e. The molecule has 18 heavy (non-hydrogen) atoms. The van der Waals surface area contributed by atoms with Crippen molar-refractivity contribution >= 4 is 0 Å². The lowest BCUT2D eigenvalue weighted by atomic mass is 9.86. The predicted octanol–water partition coefficient (Wildman–Crippen LogP) is 2.42. The highest BCUT2D eigenvalue weighted by atomic mass is 15.1. The molecule has 1 fully saturated rings. The number of rotatable bonds is 5. The Bertz CT molecular complexity index is 331. The van der Waals surface area contributed by atoms with Gasteiger partial charge >= 0.3 is 0 Å². The highest BCUT2D eigenvalue weighted by molar-refractivity contribution is 5.03. The van der Waals surface area contributed by atoms with Crippen molar-refractivity contribution in [2.75, 3.05) is 13.1 Å².